The van der Waals surface area contributed by atoms with E-state index in [1.165, 1.54) is 4.90 Å². The van der Waals surface area contributed by atoms with E-state index in [9.17, 15) is 9.59 Å². The molecule has 0 bridgehead atoms. The Morgan fingerprint density at radius 2 is 1.56 bits per heavy atom. The highest BCUT2D eigenvalue weighted by atomic mass is 35.5. The lowest BCUT2D eigenvalue weighted by Crippen LogP contribution is -2.47. The SMILES string of the molecule is COc1ccc(/C=C2/NC(=O)N(CCCN3CCN(c4ccccc4OC)CC3)C2=O)cc1OC.Cl. The van der Waals surface area contributed by atoms with Gasteiger partial charge < -0.3 is 24.4 Å². The van der Waals surface area contributed by atoms with E-state index in [4.69, 9.17) is 14.2 Å². The molecule has 10 heteroatoms. The molecular formula is C26H33ClN4O5. The lowest BCUT2D eigenvalue weighted by atomic mass is 10.1. The predicted molar refractivity (Wildman–Crippen MR) is 141 cm³/mol. The van der Waals surface area contributed by atoms with E-state index in [0.29, 0.717) is 18.0 Å². The van der Waals surface area contributed by atoms with Gasteiger partial charge in [0.2, 0.25) is 0 Å². The number of hydrogen-bond acceptors (Lipinski definition) is 7. The number of ether oxygens (including phenoxy) is 3. The molecular weight excluding hydrogens is 484 g/mol. The van der Waals surface area contributed by atoms with E-state index < -0.39 is 0 Å². The van der Waals surface area contributed by atoms with Gasteiger partial charge in [0.05, 0.1) is 27.0 Å². The van der Waals surface area contributed by atoms with E-state index in [1.54, 1.807) is 45.6 Å². The molecule has 9 nitrogen and oxygen atoms in total. The van der Waals surface area contributed by atoms with Crippen LogP contribution in [0.15, 0.2) is 48.2 Å². The molecule has 0 aliphatic carbocycles. The van der Waals surface area contributed by atoms with Crippen LogP contribution in [0.3, 0.4) is 0 Å². The van der Waals surface area contributed by atoms with Gasteiger partial charge in [0.25, 0.3) is 5.91 Å². The van der Waals surface area contributed by atoms with Crippen molar-refractivity contribution >= 4 is 36.1 Å². The quantitative estimate of drug-likeness (QED) is 0.404. The third-order valence-corrected chi connectivity index (χ3v) is 6.34. The van der Waals surface area contributed by atoms with Crippen LogP contribution in [-0.4, -0.2) is 82.3 Å². The average Bonchev–Trinajstić information content (AvgIpc) is 3.16. The zero-order valence-electron chi connectivity index (χ0n) is 20.9. The van der Waals surface area contributed by atoms with Gasteiger partial charge in [-0.25, -0.2) is 4.79 Å². The number of nitrogens with zero attached hydrogens (tertiary/aromatic N) is 3. The standard InChI is InChI=1S/C26H32N4O5.ClH/c1-33-22-8-5-4-7-21(22)29-15-13-28(14-16-29)11-6-12-30-25(31)20(27-26(30)32)17-19-9-10-23(34-2)24(18-19)35-3;/h4-5,7-10,17-18H,6,11-16H2,1-3H3,(H,27,32);1H/b20-17+;. The summed E-state index contributed by atoms with van der Waals surface area (Å²) in [5, 5.41) is 2.69. The van der Waals surface area contributed by atoms with Crippen molar-refractivity contribution in [3.63, 3.8) is 0 Å². The van der Waals surface area contributed by atoms with E-state index in [-0.39, 0.29) is 30.0 Å². The van der Waals surface area contributed by atoms with Crippen LogP contribution < -0.4 is 24.4 Å². The highest BCUT2D eigenvalue weighted by Crippen LogP contribution is 2.29. The molecule has 1 N–H and O–H groups in total. The number of anilines is 1. The van der Waals surface area contributed by atoms with Gasteiger partial charge in [-0.05, 0) is 48.9 Å². The van der Waals surface area contributed by atoms with Crippen LogP contribution in [0.4, 0.5) is 10.5 Å². The Morgan fingerprint density at radius 3 is 2.25 bits per heavy atom. The fourth-order valence-electron chi connectivity index (χ4n) is 4.44. The maximum atomic E-state index is 12.8. The molecule has 0 saturated carbocycles. The molecule has 0 aromatic heterocycles. The minimum absolute atomic E-state index is 0. The normalized spacial score (nSPS) is 17.1. The van der Waals surface area contributed by atoms with Crippen LogP contribution in [-0.2, 0) is 4.79 Å². The van der Waals surface area contributed by atoms with Gasteiger partial charge in [-0.2, -0.15) is 0 Å². The number of imide groups is 1. The average molecular weight is 517 g/mol. The van der Waals surface area contributed by atoms with Crippen molar-refractivity contribution in [1.82, 2.24) is 15.1 Å². The van der Waals surface area contributed by atoms with Crippen LogP contribution in [0, 0.1) is 0 Å². The number of methoxy groups -OCH3 is 3. The molecule has 2 aromatic rings. The highest BCUT2D eigenvalue weighted by molar-refractivity contribution is 6.14. The first-order valence-corrected chi connectivity index (χ1v) is 11.7. The largest absolute Gasteiger partial charge is 0.495 e. The molecule has 4 rings (SSSR count). The third-order valence-electron chi connectivity index (χ3n) is 6.34. The lowest BCUT2D eigenvalue weighted by Gasteiger charge is -2.36. The lowest BCUT2D eigenvalue weighted by molar-refractivity contribution is -0.122. The molecule has 3 amide bonds. The summed E-state index contributed by atoms with van der Waals surface area (Å²) in [5.74, 6) is 1.73. The molecule has 36 heavy (non-hydrogen) atoms. The maximum absolute atomic E-state index is 12.8. The van der Waals surface area contributed by atoms with Crippen molar-refractivity contribution in [3.8, 4) is 17.2 Å². The van der Waals surface area contributed by atoms with Crippen molar-refractivity contribution < 1.29 is 23.8 Å². The summed E-state index contributed by atoms with van der Waals surface area (Å²) in [5.41, 5.74) is 2.11. The van der Waals surface area contributed by atoms with Crippen LogP contribution in [0.5, 0.6) is 17.2 Å². The Morgan fingerprint density at radius 1 is 0.861 bits per heavy atom. The van der Waals surface area contributed by atoms with E-state index in [1.807, 2.05) is 18.2 Å². The number of carbonyl (C=O) groups excluding carboxylic acids is 2. The number of hydrogen-bond donors (Lipinski definition) is 1. The number of benzene rings is 2. The molecule has 2 aliphatic rings. The fraction of sp³-hybridized carbons (Fsp3) is 0.385. The smallest absolute Gasteiger partial charge is 0.329 e. The number of para-hydroxylation sites is 2. The van der Waals surface area contributed by atoms with Gasteiger partial charge in [0, 0.05) is 32.7 Å². The second-order valence-electron chi connectivity index (χ2n) is 8.41. The second kappa shape index (κ2) is 12.5. The Kier molecular flexibility index (Phi) is 9.44. The Bertz CT molecular complexity index is 1100. The summed E-state index contributed by atoms with van der Waals surface area (Å²) in [6.07, 6.45) is 2.37. The molecule has 0 radical (unpaired) electrons. The molecule has 2 aromatic carbocycles. The van der Waals surface area contributed by atoms with Crippen molar-refractivity contribution in [2.45, 2.75) is 6.42 Å². The van der Waals surface area contributed by atoms with Gasteiger partial charge in [-0.15, -0.1) is 12.4 Å². The van der Waals surface area contributed by atoms with Crippen molar-refractivity contribution in [2.24, 2.45) is 0 Å². The molecule has 2 fully saturated rings. The number of urea groups is 1. The molecule has 194 valence electrons. The number of amides is 3. The van der Waals surface area contributed by atoms with Crippen molar-refractivity contribution in [3.05, 3.63) is 53.7 Å². The van der Waals surface area contributed by atoms with Crippen molar-refractivity contribution in [1.29, 1.82) is 0 Å². The summed E-state index contributed by atoms with van der Waals surface area (Å²) >= 11 is 0. The van der Waals surface area contributed by atoms with Gasteiger partial charge in [0.15, 0.2) is 11.5 Å². The van der Waals surface area contributed by atoms with Crippen molar-refractivity contribution in [2.75, 3.05) is 65.5 Å². The number of piperazine rings is 1. The topological polar surface area (TPSA) is 83.6 Å². The van der Waals surface area contributed by atoms with Gasteiger partial charge in [-0.3, -0.25) is 14.6 Å². The molecule has 2 heterocycles. The Balaban J connectivity index is 0.00000361. The number of nitrogens with one attached hydrogen (secondary N) is 1. The molecule has 0 unspecified atom stereocenters. The minimum atomic E-state index is -0.386. The predicted octanol–water partition coefficient (Wildman–Crippen LogP) is 3.24. The summed E-state index contributed by atoms with van der Waals surface area (Å²) < 4.78 is 16.0. The Hall–Kier alpha value is -3.43. The molecule has 0 spiro atoms. The zero-order chi connectivity index (χ0) is 24.8. The third kappa shape index (κ3) is 6.03. The van der Waals surface area contributed by atoms with E-state index in [2.05, 4.69) is 21.2 Å². The summed E-state index contributed by atoms with van der Waals surface area (Å²) in [7, 11) is 4.81. The monoisotopic (exact) mass is 516 g/mol. The molecule has 2 saturated heterocycles. The van der Waals surface area contributed by atoms with E-state index in [0.717, 1.165) is 56.1 Å². The zero-order valence-corrected chi connectivity index (χ0v) is 21.7. The first-order chi connectivity index (χ1) is 17.0. The maximum Gasteiger partial charge on any atom is 0.329 e. The molecule has 0 atom stereocenters. The van der Waals surface area contributed by atoms with Gasteiger partial charge >= 0.3 is 6.03 Å². The van der Waals surface area contributed by atoms with Gasteiger partial charge in [-0.1, -0.05) is 18.2 Å². The second-order valence-corrected chi connectivity index (χ2v) is 8.41. The van der Waals surface area contributed by atoms with Crippen LogP contribution in [0.25, 0.3) is 6.08 Å². The summed E-state index contributed by atoms with van der Waals surface area (Å²) in [6.45, 7) is 4.85. The Labute approximate surface area is 218 Å². The van der Waals surface area contributed by atoms with Crippen LogP contribution in [0.1, 0.15) is 12.0 Å². The van der Waals surface area contributed by atoms with Crippen LogP contribution >= 0.6 is 12.4 Å². The van der Waals surface area contributed by atoms with Crippen LogP contribution in [0.2, 0.25) is 0 Å². The number of carbonyl (C=O) groups is 2. The molecule has 2 aliphatic heterocycles. The number of rotatable bonds is 9. The first kappa shape index (κ1) is 27.2. The van der Waals surface area contributed by atoms with Gasteiger partial charge in [0.1, 0.15) is 11.4 Å². The first-order valence-electron chi connectivity index (χ1n) is 11.7. The summed E-state index contributed by atoms with van der Waals surface area (Å²) in [6, 6.07) is 13.0. The van der Waals surface area contributed by atoms with E-state index >= 15 is 0 Å². The highest BCUT2D eigenvalue weighted by Gasteiger charge is 2.33. The fourth-order valence-corrected chi connectivity index (χ4v) is 4.44. The number of halogens is 1. The minimum Gasteiger partial charge on any atom is -0.495 e. The summed E-state index contributed by atoms with van der Waals surface area (Å²) in [4.78, 5) is 31.2.